The van der Waals surface area contributed by atoms with Crippen LogP contribution >= 0.6 is 0 Å². The first-order valence-corrected chi connectivity index (χ1v) is 12.5. The molecule has 0 aliphatic heterocycles. The largest absolute Gasteiger partial charge is 0.235 e. The Bertz CT molecular complexity index is 753. The Morgan fingerprint density at radius 1 is 0.633 bits per heavy atom. The summed E-state index contributed by atoms with van der Waals surface area (Å²) in [4.78, 5) is 30.9. The van der Waals surface area contributed by atoms with Crippen LogP contribution in [-0.4, -0.2) is 24.2 Å². The summed E-state index contributed by atoms with van der Waals surface area (Å²) in [5.41, 5.74) is 1.31. The van der Waals surface area contributed by atoms with E-state index in [-0.39, 0.29) is 22.9 Å². The summed E-state index contributed by atoms with van der Waals surface area (Å²) in [5.74, 6) is 3.30. The van der Waals surface area contributed by atoms with Gasteiger partial charge in [0, 0.05) is 0 Å². The third-order valence-electron chi connectivity index (χ3n) is 11.6. The van der Waals surface area contributed by atoms with Crippen molar-refractivity contribution < 1.29 is 9.59 Å². The summed E-state index contributed by atoms with van der Waals surface area (Å²) in [5, 5.41) is 0. The number of hydrogen-bond donors (Lipinski definition) is 0. The van der Waals surface area contributed by atoms with Gasteiger partial charge in [-0.2, -0.15) is 0 Å². The number of aliphatic imine (C=N–C) groups is 2. The smallest absolute Gasteiger partial charge is 0.211 e. The van der Waals surface area contributed by atoms with Crippen LogP contribution in [0, 0.1) is 45.3 Å². The molecule has 0 aromatic carbocycles. The van der Waals surface area contributed by atoms with Crippen molar-refractivity contribution in [1.82, 2.24) is 0 Å². The van der Waals surface area contributed by atoms with Crippen LogP contribution in [0.2, 0.25) is 0 Å². The summed E-state index contributed by atoms with van der Waals surface area (Å²) in [6.45, 7) is 4.38. The molecule has 0 saturated heterocycles. The van der Waals surface area contributed by atoms with Gasteiger partial charge >= 0.3 is 0 Å². The number of nitrogens with zero attached hydrogens (tertiary/aromatic N) is 2. The number of isocyanates is 2. The first-order chi connectivity index (χ1) is 14.4. The summed E-state index contributed by atoms with van der Waals surface area (Å²) < 4.78 is 0. The van der Waals surface area contributed by atoms with Crippen LogP contribution in [-0.2, 0) is 9.59 Å². The van der Waals surface area contributed by atoms with E-state index in [0.29, 0.717) is 10.8 Å². The lowest BCUT2D eigenvalue weighted by atomic mass is 9.30. The topological polar surface area (TPSA) is 58.9 Å². The van der Waals surface area contributed by atoms with Crippen LogP contribution in [0.4, 0.5) is 0 Å². The SMILES string of the molecule is CC(N=C=O)C12CC3CC(C1)CC(C14CC5CC(CC(C(C)N=C=O)(C5)C1)C4)(C3)C2. The Morgan fingerprint density at radius 2 is 0.967 bits per heavy atom. The minimum Gasteiger partial charge on any atom is -0.211 e. The quantitative estimate of drug-likeness (QED) is 0.438. The fourth-order valence-electron chi connectivity index (χ4n) is 11.3. The zero-order valence-electron chi connectivity index (χ0n) is 18.7. The van der Waals surface area contributed by atoms with Crippen LogP contribution < -0.4 is 0 Å². The molecule has 0 amide bonds. The third-order valence-corrected chi connectivity index (χ3v) is 11.6. The average Bonchev–Trinajstić information content (AvgIpc) is 2.66. The second kappa shape index (κ2) is 6.17. The maximum Gasteiger partial charge on any atom is 0.235 e. The Hall–Kier alpha value is -1.24. The minimum absolute atomic E-state index is 0.113. The normalized spacial score (nSPS) is 54.3. The molecule has 0 radical (unpaired) electrons. The lowest BCUT2D eigenvalue weighted by molar-refractivity contribution is -0.242. The van der Waals surface area contributed by atoms with Crippen LogP contribution in [0.5, 0.6) is 0 Å². The van der Waals surface area contributed by atoms with Crippen molar-refractivity contribution in [2.45, 2.75) is 103 Å². The number of hydrogen-bond acceptors (Lipinski definition) is 4. The Morgan fingerprint density at radius 3 is 1.27 bits per heavy atom. The molecule has 8 fully saturated rings. The minimum atomic E-state index is 0.113. The van der Waals surface area contributed by atoms with Gasteiger partial charge in [-0.1, -0.05) is 0 Å². The highest BCUT2D eigenvalue weighted by Crippen LogP contribution is 2.79. The van der Waals surface area contributed by atoms with Crippen molar-refractivity contribution in [3.63, 3.8) is 0 Å². The third kappa shape index (κ3) is 2.41. The van der Waals surface area contributed by atoms with Crippen molar-refractivity contribution in [3.05, 3.63) is 0 Å². The average molecular weight is 409 g/mol. The summed E-state index contributed by atoms with van der Waals surface area (Å²) in [6, 6.07) is 0.225. The molecule has 8 bridgehead atoms. The molecule has 4 nitrogen and oxygen atoms in total. The standard InChI is InChI=1S/C26H36N2O2/c1-17(27-15-29)23-5-19-3-20(6-23)10-25(9-19,13-23)26-11-21-4-22(12-26)8-24(7-21,14-26)18(2)28-16-30/h17-22H,3-14H2,1-2H3. The fourth-order valence-corrected chi connectivity index (χ4v) is 11.3. The van der Waals surface area contributed by atoms with Gasteiger partial charge in [0.25, 0.3) is 0 Å². The van der Waals surface area contributed by atoms with Crippen molar-refractivity contribution in [1.29, 1.82) is 0 Å². The van der Waals surface area contributed by atoms with Crippen molar-refractivity contribution in [2.24, 2.45) is 55.3 Å². The van der Waals surface area contributed by atoms with E-state index in [0.717, 1.165) is 23.7 Å². The molecule has 30 heavy (non-hydrogen) atoms. The Labute approximate surface area is 180 Å². The van der Waals surface area contributed by atoms with E-state index in [1.807, 2.05) is 12.2 Å². The maximum absolute atomic E-state index is 11.2. The fraction of sp³-hybridized carbons (Fsp3) is 0.923. The maximum atomic E-state index is 11.2. The van der Waals surface area contributed by atoms with Crippen LogP contribution in [0.3, 0.4) is 0 Å². The van der Waals surface area contributed by atoms with Crippen LogP contribution in [0.15, 0.2) is 9.98 Å². The van der Waals surface area contributed by atoms with E-state index >= 15 is 0 Å². The first kappa shape index (κ1) is 19.4. The van der Waals surface area contributed by atoms with Gasteiger partial charge in [-0.15, -0.1) is 0 Å². The highest BCUT2D eigenvalue weighted by atomic mass is 16.1. The van der Waals surface area contributed by atoms with Crippen molar-refractivity contribution in [2.75, 3.05) is 0 Å². The first-order valence-electron chi connectivity index (χ1n) is 12.5. The predicted molar refractivity (Wildman–Crippen MR) is 114 cm³/mol. The predicted octanol–water partition coefficient (Wildman–Crippen LogP) is 5.61. The van der Waals surface area contributed by atoms with Gasteiger partial charge in [0.15, 0.2) is 0 Å². The summed E-state index contributed by atoms with van der Waals surface area (Å²) in [6.07, 6.45) is 19.9. The van der Waals surface area contributed by atoms with Crippen LogP contribution in [0.25, 0.3) is 0 Å². The highest BCUT2D eigenvalue weighted by molar-refractivity contribution is 5.35. The molecule has 6 unspecified atom stereocenters. The molecule has 8 aliphatic rings. The summed E-state index contributed by atoms with van der Waals surface area (Å²) >= 11 is 0. The summed E-state index contributed by atoms with van der Waals surface area (Å²) in [7, 11) is 0. The van der Waals surface area contributed by atoms with E-state index in [1.54, 1.807) is 0 Å². The monoisotopic (exact) mass is 408 g/mol. The molecular weight excluding hydrogens is 372 g/mol. The van der Waals surface area contributed by atoms with Gasteiger partial charge in [0.05, 0.1) is 12.1 Å². The molecule has 0 aromatic heterocycles. The molecule has 8 rings (SSSR count). The lowest BCUT2D eigenvalue weighted by Crippen LogP contribution is -2.66. The van der Waals surface area contributed by atoms with Gasteiger partial charge in [0.2, 0.25) is 12.2 Å². The van der Waals surface area contributed by atoms with E-state index in [4.69, 9.17) is 0 Å². The van der Waals surface area contributed by atoms with Gasteiger partial charge in [-0.25, -0.2) is 19.6 Å². The molecule has 4 heteroatoms. The molecular formula is C26H36N2O2. The second-order valence-corrected chi connectivity index (χ2v) is 13.0. The van der Waals surface area contributed by atoms with Crippen molar-refractivity contribution >= 4 is 12.2 Å². The second-order valence-electron chi connectivity index (χ2n) is 13.0. The molecule has 6 atom stereocenters. The van der Waals surface area contributed by atoms with E-state index in [2.05, 4.69) is 23.8 Å². The number of rotatable bonds is 5. The Kier molecular flexibility index (Phi) is 4.00. The molecule has 0 heterocycles. The van der Waals surface area contributed by atoms with E-state index < -0.39 is 0 Å². The van der Waals surface area contributed by atoms with Crippen LogP contribution in [0.1, 0.15) is 90.9 Å². The molecule has 8 saturated carbocycles. The van der Waals surface area contributed by atoms with E-state index in [1.165, 1.54) is 77.0 Å². The Balaban J connectivity index is 1.42. The van der Waals surface area contributed by atoms with E-state index in [9.17, 15) is 9.59 Å². The lowest BCUT2D eigenvalue weighted by Gasteiger charge is -2.74. The highest BCUT2D eigenvalue weighted by Gasteiger charge is 2.70. The molecule has 0 spiro atoms. The van der Waals surface area contributed by atoms with Gasteiger partial charge < -0.3 is 0 Å². The van der Waals surface area contributed by atoms with Gasteiger partial charge in [-0.05, 0) is 136 Å². The molecule has 8 aliphatic carbocycles. The number of carbonyl (C=O) groups excluding carboxylic acids is 2. The zero-order valence-corrected chi connectivity index (χ0v) is 18.7. The molecule has 0 aromatic rings. The van der Waals surface area contributed by atoms with Crippen molar-refractivity contribution in [3.8, 4) is 0 Å². The zero-order chi connectivity index (χ0) is 20.8. The van der Waals surface area contributed by atoms with Gasteiger partial charge in [0.1, 0.15) is 0 Å². The molecule has 0 N–H and O–H groups in total. The van der Waals surface area contributed by atoms with Gasteiger partial charge in [-0.3, -0.25) is 0 Å². The molecule has 162 valence electrons.